The van der Waals surface area contributed by atoms with E-state index in [2.05, 4.69) is 15.9 Å². The van der Waals surface area contributed by atoms with Gasteiger partial charge >= 0.3 is 16.3 Å². The van der Waals surface area contributed by atoms with Crippen molar-refractivity contribution >= 4 is 32.0 Å². The van der Waals surface area contributed by atoms with Crippen LogP contribution in [0.25, 0.3) is 0 Å². The van der Waals surface area contributed by atoms with E-state index in [0.717, 1.165) is 18.2 Å². The molecule has 1 amide bonds. The summed E-state index contributed by atoms with van der Waals surface area (Å²) in [6.45, 7) is 0.211. The Kier molecular flexibility index (Phi) is 7.74. The zero-order valence-corrected chi connectivity index (χ0v) is 21.4. The Balaban J connectivity index is 1.59. The second-order valence-corrected chi connectivity index (χ2v) is 10.3. The van der Waals surface area contributed by atoms with Gasteiger partial charge in [0.05, 0.1) is 23.9 Å². The topological polar surface area (TPSA) is 76.8 Å². The Labute approximate surface area is 219 Å². The predicted molar refractivity (Wildman–Crippen MR) is 132 cm³/mol. The molecular formula is C26H19BrF3NO5S. The summed E-state index contributed by atoms with van der Waals surface area (Å²) in [6, 6.07) is 19.6. The fourth-order valence-corrected chi connectivity index (χ4v) is 4.94. The summed E-state index contributed by atoms with van der Waals surface area (Å²) in [5, 5.41) is 0. The molecule has 0 aliphatic heterocycles. The fourth-order valence-electron chi connectivity index (χ4n) is 3.51. The van der Waals surface area contributed by atoms with Gasteiger partial charge in [0.15, 0.2) is 0 Å². The lowest BCUT2D eigenvalue weighted by Crippen LogP contribution is -2.30. The van der Waals surface area contributed by atoms with Gasteiger partial charge in [-0.15, -0.1) is 0 Å². The van der Waals surface area contributed by atoms with Crippen LogP contribution in [0.1, 0.15) is 27.2 Å². The van der Waals surface area contributed by atoms with Gasteiger partial charge in [-0.3, -0.25) is 4.79 Å². The smallest absolute Gasteiger partial charge is 0.416 e. The highest BCUT2D eigenvalue weighted by atomic mass is 79.9. The van der Waals surface area contributed by atoms with Gasteiger partial charge in [0, 0.05) is 11.0 Å². The highest BCUT2D eigenvalue weighted by Crippen LogP contribution is 2.31. The van der Waals surface area contributed by atoms with E-state index in [1.54, 1.807) is 42.5 Å². The Morgan fingerprint density at radius 1 is 0.919 bits per heavy atom. The lowest BCUT2D eigenvalue weighted by molar-refractivity contribution is -0.137. The first-order chi connectivity index (χ1) is 17.5. The summed E-state index contributed by atoms with van der Waals surface area (Å²) < 4.78 is 75.6. The van der Waals surface area contributed by atoms with Gasteiger partial charge in [-0.2, -0.15) is 21.6 Å². The zero-order valence-electron chi connectivity index (χ0n) is 19.0. The van der Waals surface area contributed by atoms with Crippen molar-refractivity contribution in [2.75, 3.05) is 0 Å². The lowest BCUT2D eigenvalue weighted by atomic mass is 10.1. The molecule has 4 rings (SSSR count). The van der Waals surface area contributed by atoms with Crippen molar-refractivity contribution in [3.8, 4) is 5.75 Å². The number of rotatable bonds is 8. The molecule has 0 atom stereocenters. The molecule has 0 saturated heterocycles. The van der Waals surface area contributed by atoms with Crippen molar-refractivity contribution in [1.82, 2.24) is 4.90 Å². The molecule has 4 aromatic rings. The third kappa shape index (κ3) is 6.60. The molecule has 0 N–H and O–H groups in total. The van der Waals surface area contributed by atoms with Crippen LogP contribution in [0.4, 0.5) is 13.2 Å². The van der Waals surface area contributed by atoms with E-state index in [9.17, 15) is 26.4 Å². The second-order valence-electron chi connectivity index (χ2n) is 7.93. The number of amides is 1. The Morgan fingerprint density at radius 2 is 1.68 bits per heavy atom. The Bertz CT molecular complexity index is 1500. The summed E-state index contributed by atoms with van der Waals surface area (Å²) in [4.78, 5) is 14.2. The van der Waals surface area contributed by atoms with E-state index < -0.39 is 26.8 Å². The van der Waals surface area contributed by atoms with Crippen LogP contribution in [0, 0.1) is 0 Å². The van der Waals surface area contributed by atoms with Gasteiger partial charge in [-0.25, -0.2) is 0 Å². The number of furan rings is 1. The zero-order chi connectivity index (χ0) is 26.6. The molecule has 11 heteroatoms. The van der Waals surface area contributed by atoms with Crippen LogP contribution in [0.2, 0.25) is 0 Å². The summed E-state index contributed by atoms with van der Waals surface area (Å²) in [7, 11) is -4.55. The maximum absolute atomic E-state index is 13.3. The van der Waals surface area contributed by atoms with Gasteiger partial charge < -0.3 is 13.5 Å². The van der Waals surface area contributed by atoms with E-state index in [1.807, 2.05) is 0 Å². The van der Waals surface area contributed by atoms with Gasteiger partial charge in [0.2, 0.25) is 0 Å². The standard InChI is InChI=1S/C26H19BrF3NO5S/c27-24-12-2-1-11-23(24)25(32)31(17-21-9-5-13-35-21)16-18-6-3-8-20(14-18)36-37(33,34)22-10-4-7-19(15-22)26(28,29)30/h1-15H,16-17H2. The number of nitrogens with zero attached hydrogens (tertiary/aromatic N) is 1. The van der Waals surface area contributed by atoms with E-state index in [0.29, 0.717) is 27.4 Å². The SMILES string of the molecule is O=C(c1ccccc1Br)N(Cc1cccc(OS(=O)(=O)c2cccc(C(F)(F)F)c2)c1)Cc1ccco1. The quantitative estimate of drug-likeness (QED) is 0.213. The van der Waals surface area contributed by atoms with Crippen LogP contribution in [-0.2, 0) is 29.4 Å². The van der Waals surface area contributed by atoms with Crippen molar-refractivity contribution in [3.05, 3.63) is 118 Å². The van der Waals surface area contributed by atoms with Crippen molar-refractivity contribution in [2.45, 2.75) is 24.2 Å². The molecule has 37 heavy (non-hydrogen) atoms. The summed E-state index contributed by atoms with van der Waals surface area (Å²) in [5.41, 5.74) is -0.151. The number of hydrogen-bond donors (Lipinski definition) is 0. The van der Waals surface area contributed by atoms with Crippen molar-refractivity contribution in [1.29, 1.82) is 0 Å². The number of carbonyl (C=O) groups is 1. The maximum Gasteiger partial charge on any atom is 0.416 e. The molecule has 0 saturated carbocycles. The normalized spacial score (nSPS) is 11.8. The van der Waals surface area contributed by atoms with E-state index >= 15 is 0 Å². The Hall–Kier alpha value is -3.57. The lowest BCUT2D eigenvalue weighted by Gasteiger charge is -2.23. The van der Waals surface area contributed by atoms with Crippen LogP contribution in [0.15, 0.2) is 105 Å². The van der Waals surface area contributed by atoms with Crippen molar-refractivity contribution in [3.63, 3.8) is 0 Å². The highest BCUT2D eigenvalue weighted by molar-refractivity contribution is 9.10. The molecule has 0 spiro atoms. The molecule has 0 unspecified atom stereocenters. The number of benzene rings is 3. The predicted octanol–water partition coefficient (Wildman–Crippen LogP) is 6.67. The molecule has 3 aromatic carbocycles. The van der Waals surface area contributed by atoms with E-state index in [-0.39, 0.29) is 24.7 Å². The maximum atomic E-state index is 13.3. The molecule has 1 heterocycles. The second kappa shape index (κ2) is 10.8. The molecular weight excluding hydrogens is 575 g/mol. The molecule has 192 valence electrons. The summed E-state index contributed by atoms with van der Waals surface area (Å²) in [5.74, 6) is 0.132. The molecule has 0 aliphatic rings. The van der Waals surface area contributed by atoms with Crippen LogP contribution in [-0.4, -0.2) is 19.2 Å². The van der Waals surface area contributed by atoms with E-state index in [1.165, 1.54) is 29.4 Å². The average Bonchev–Trinajstić information content (AvgIpc) is 3.36. The van der Waals surface area contributed by atoms with Crippen LogP contribution < -0.4 is 4.18 Å². The highest BCUT2D eigenvalue weighted by Gasteiger charge is 2.32. The van der Waals surface area contributed by atoms with Crippen LogP contribution in [0.3, 0.4) is 0 Å². The average molecular weight is 594 g/mol. The molecule has 0 bridgehead atoms. The first-order valence-electron chi connectivity index (χ1n) is 10.8. The molecule has 0 aliphatic carbocycles. The first kappa shape index (κ1) is 26.5. The summed E-state index contributed by atoms with van der Waals surface area (Å²) >= 11 is 3.38. The fraction of sp³-hybridized carbons (Fsp3) is 0.115. The number of carbonyl (C=O) groups excluding carboxylic acids is 1. The van der Waals surface area contributed by atoms with Gasteiger partial charge in [-0.05, 0) is 76.1 Å². The number of alkyl halides is 3. The van der Waals surface area contributed by atoms with Crippen LogP contribution in [0.5, 0.6) is 5.75 Å². The minimum absolute atomic E-state index is 0.0711. The molecule has 0 fully saturated rings. The summed E-state index contributed by atoms with van der Waals surface area (Å²) in [6.07, 6.45) is -3.22. The molecule has 6 nitrogen and oxygen atoms in total. The van der Waals surface area contributed by atoms with Gasteiger partial charge in [0.1, 0.15) is 16.4 Å². The van der Waals surface area contributed by atoms with Gasteiger partial charge in [-0.1, -0.05) is 30.3 Å². The first-order valence-corrected chi connectivity index (χ1v) is 13.0. The monoisotopic (exact) mass is 593 g/mol. The van der Waals surface area contributed by atoms with Gasteiger partial charge in [0.25, 0.3) is 5.91 Å². The van der Waals surface area contributed by atoms with Crippen LogP contribution >= 0.6 is 15.9 Å². The number of hydrogen-bond acceptors (Lipinski definition) is 5. The van der Waals surface area contributed by atoms with E-state index in [4.69, 9.17) is 8.60 Å². The third-order valence-electron chi connectivity index (χ3n) is 5.25. The Morgan fingerprint density at radius 3 is 2.38 bits per heavy atom. The molecule has 0 radical (unpaired) electrons. The number of halogens is 4. The van der Waals surface area contributed by atoms with Crippen molar-refractivity contribution < 1.29 is 35.0 Å². The van der Waals surface area contributed by atoms with Crippen molar-refractivity contribution in [2.24, 2.45) is 0 Å². The molecule has 1 aromatic heterocycles. The largest absolute Gasteiger partial charge is 0.467 e. The third-order valence-corrected chi connectivity index (χ3v) is 7.18. The minimum Gasteiger partial charge on any atom is -0.467 e. The minimum atomic E-state index is -4.71.